The first-order chi connectivity index (χ1) is 16.4. The van der Waals surface area contributed by atoms with Gasteiger partial charge >= 0.3 is 13.2 Å². The Kier molecular flexibility index (Phi) is 9.19. The highest BCUT2D eigenvalue weighted by atomic mass is 19.3. The Balaban J connectivity index is 2.09. The van der Waals surface area contributed by atoms with Gasteiger partial charge < -0.3 is 25.0 Å². The van der Waals surface area contributed by atoms with Crippen LogP contribution in [0.5, 0.6) is 0 Å². The van der Waals surface area contributed by atoms with E-state index in [1.807, 2.05) is 26.8 Å². The SMILES string of the molecule is CC(C)(C)CC(NC(=O)OCC1(C)CCCN1C(=O)C(C#N)=CC(C)(C)N1CCC(F)(F)C1)B(O)O. The van der Waals surface area contributed by atoms with Crippen molar-refractivity contribution in [2.45, 2.75) is 90.2 Å². The monoisotopic (exact) mass is 512 g/mol. The molecule has 0 spiro atoms. The number of alkyl carbamates (subject to hydrolysis) is 1. The predicted molar refractivity (Wildman–Crippen MR) is 131 cm³/mol. The van der Waals surface area contributed by atoms with E-state index in [-0.39, 0.29) is 30.6 Å². The van der Waals surface area contributed by atoms with Gasteiger partial charge in [0.2, 0.25) is 0 Å². The van der Waals surface area contributed by atoms with Crippen molar-refractivity contribution >= 4 is 19.1 Å². The number of likely N-dealkylation sites (tertiary alicyclic amines) is 2. The molecule has 9 nitrogen and oxygen atoms in total. The van der Waals surface area contributed by atoms with Crippen LogP contribution in [0.1, 0.15) is 67.2 Å². The van der Waals surface area contributed by atoms with Crippen molar-refractivity contribution < 1.29 is 33.2 Å². The molecule has 0 aromatic rings. The van der Waals surface area contributed by atoms with Gasteiger partial charge in [0.25, 0.3) is 11.8 Å². The molecule has 0 saturated carbocycles. The fraction of sp³-hybridized carbons (Fsp3) is 0.792. The molecule has 2 rings (SSSR count). The highest BCUT2D eigenvalue weighted by Crippen LogP contribution is 2.34. The van der Waals surface area contributed by atoms with Gasteiger partial charge in [0, 0.05) is 25.0 Å². The van der Waals surface area contributed by atoms with E-state index in [1.165, 1.54) is 11.0 Å². The lowest BCUT2D eigenvalue weighted by Crippen LogP contribution is -2.52. The topological polar surface area (TPSA) is 126 Å². The number of halogens is 2. The zero-order valence-electron chi connectivity index (χ0n) is 22.1. The maximum atomic E-state index is 13.7. The number of carbonyl (C=O) groups is 2. The lowest BCUT2D eigenvalue weighted by molar-refractivity contribution is -0.131. The van der Waals surface area contributed by atoms with Crippen LogP contribution in [0.2, 0.25) is 0 Å². The molecule has 2 aliphatic heterocycles. The van der Waals surface area contributed by atoms with Gasteiger partial charge in [-0.05, 0) is 51.5 Å². The zero-order chi connectivity index (χ0) is 27.5. The summed E-state index contributed by atoms with van der Waals surface area (Å²) in [7, 11) is -1.76. The first kappa shape index (κ1) is 30.0. The summed E-state index contributed by atoms with van der Waals surface area (Å²) < 4.78 is 32.8. The molecule has 0 aromatic carbocycles. The molecule has 2 fully saturated rings. The van der Waals surface area contributed by atoms with Crippen LogP contribution in [0.25, 0.3) is 0 Å². The van der Waals surface area contributed by atoms with Crippen molar-refractivity contribution in [1.82, 2.24) is 15.1 Å². The molecule has 0 bridgehead atoms. The van der Waals surface area contributed by atoms with Gasteiger partial charge in [0.05, 0.1) is 18.0 Å². The van der Waals surface area contributed by atoms with Crippen LogP contribution in [0.15, 0.2) is 11.6 Å². The van der Waals surface area contributed by atoms with Gasteiger partial charge in [-0.15, -0.1) is 0 Å². The average Bonchev–Trinajstić information content (AvgIpc) is 3.31. The standard InChI is InChI=1S/C24H39BF2N4O5/c1-21(2,3)13-18(25(34)35)29-20(33)36-16-23(6)8-7-10-31(23)19(32)17(14-28)12-22(4,5)30-11-9-24(26,27)15-30/h12,18,34-35H,7-11,13,15-16H2,1-6H3,(H,29,33). The molecule has 0 aromatic heterocycles. The van der Waals surface area contributed by atoms with Gasteiger partial charge in [-0.1, -0.05) is 20.8 Å². The third-order valence-corrected chi connectivity index (χ3v) is 6.84. The number of hydrogen-bond donors (Lipinski definition) is 3. The fourth-order valence-corrected chi connectivity index (χ4v) is 4.78. The molecule has 2 saturated heterocycles. The molecule has 2 unspecified atom stereocenters. The van der Waals surface area contributed by atoms with Crippen LogP contribution in [-0.4, -0.2) is 88.1 Å². The van der Waals surface area contributed by atoms with Crippen LogP contribution in [0.3, 0.4) is 0 Å². The molecular weight excluding hydrogens is 473 g/mol. The second kappa shape index (κ2) is 11.0. The van der Waals surface area contributed by atoms with Gasteiger partial charge in [-0.25, -0.2) is 13.6 Å². The summed E-state index contributed by atoms with van der Waals surface area (Å²) in [5, 5.41) is 31.4. The van der Waals surface area contributed by atoms with E-state index >= 15 is 0 Å². The fourth-order valence-electron chi connectivity index (χ4n) is 4.78. The molecule has 12 heteroatoms. The molecule has 2 amide bonds. The number of ether oxygens (including phenoxy) is 1. The quantitative estimate of drug-likeness (QED) is 0.259. The Morgan fingerprint density at radius 3 is 2.36 bits per heavy atom. The molecular formula is C24H39BF2N4O5. The van der Waals surface area contributed by atoms with Gasteiger partial charge in [0.15, 0.2) is 0 Å². The lowest BCUT2D eigenvalue weighted by Gasteiger charge is -2.36. The van der Waals surface area contributed by atoms with Crippen molar-refractivity contribution in [2.24, 2.45) is 5.41 Å². The summed E-state index contributed by atoms with van der Waals surface area (Å²) in [5.74, 6) is -4.28. The van der Waals surface area contributed by atoms with Crippen LogP contribution >= 0.6 is 0 Å². The van der Waals surface area contributed by atoms with E-state index in [0.717, 1.165) is 0 Å². The second-order valence-electron chi connectivity index (χ2n) is 11.9. The normalized spacial score (nSPS) is 23.8. The number of nitrogens with one attached hydrogen (secondary N) is 1. The smallest absolute Gasteiger partial charge is 0.447 e. The first-order valence-electron chi connectivity index (χ1n) is 12.3. The van der Waals surface area contributed by atoms with E-state index in [4.69, 9.17) is 4.74 Å². The van der Waals surface area contributed by atoms with Crippen molar-refractivity contribution in [3.8, 4) is 6.07 Å². The summed E-state index contributed by atoms with van der Waals surface area (Å²) >= 11 is 0. The molecule has 3 N–H and O–H groups in total. The van der Waals surface area contributed by atoms with Crippen molar-refractivity contribution in [3.63, 3.8) is 0 Å². The third kappa shape index (κ3) is 7.89. The predicted octanol–water partition coefficient (Wildman–Crippen LogP) is 2.48. The Morgan fingerprint density at radius 1 is 1.22 bits per heavy atom. The number of nitriles is 1. The molecule has 202 valence electrons. The van der Waals surface area contributed by atoms with Crippen molar-refractivity contribution in [2.75, 3.05) is 26.2 Å². The van der Waals surface area contributed by atoms with Crippen LogP contribution in [0, 0.1) is 16.7 Å². The molecule has 2 heterocycles. The summed E-state index contributed by atoms with van der Waals surface area (Å²) in [6, 6.07) is 1.92. The van der Waals surface area contributed by atoms with Gasteiger partial charge in [-0.3, -0.25) is 9.69 Å². The van der Waals surface area contributed by atoms with Gasteiger partial charge in [-0.2, -0.15) is 5.26 Å². The molecule has 2 atom stereocenters. The lowest BCUT2D eigenvalue weighted by atomic mass is 9.71. The minimum atomic E-state index is -2.80. The van der Waals surface area contributed by atoms with Crippen LogP contribution < -0.4 is 5.32 Å². The maximum Gasteiger partial charge on any atom is 0.475 e. The number of hydrogen-bond acceptors (Lipinski definition) is 7. The number of amides is 2. The molecule has 0 radical (unpaired) electrons. The zero-order valence-corrected chi connectivity index (χ0v) is 22.1. The van der Waals surface area contributed by atoms with Gasteiger partial charge in [0.1, 0.15) is 18.2 Å². The molecule has 2 aliphatic rings. The number of alkyl halides is 2. The number of nitrogens with zero attached hydrogens (tertiary/aromatic N) is 3. The Labute approximate surface area is 212 Å². The molecule has 36 heavy (non-hydrogen) atoms. The number of rotatable bonds is 8. The minimum Gasteiger partial charge on any atom is -0.447 e. The summed E-state index contributed by atoms with van der Waals surface area (Å²) in [6.07, 6.45) is 1.79. The van der Waals surface area contributed by atoms with Crippen molar-refractivity contribution in [1.29, 1.82) is 5.26 Å². The van der Waals surface area contributed by atoms with Crippen LogP contribution in [0.4, 0.5) is 13.6 Å². The summed E-state index contributed by atoms with van der Waals surface area (Å²) in [5.41, 5.74) is -2.24. The van der Waals surface area contributed by atoms with E-state index in [1.54, 1.807) is 25.7 Å². The Hall–Kier alpha value is -2.23. The number of carbonyl (C=O) groups excluding carboxylic acids is 2. The highest BCUT2D eigenvalue weighted by molar-refractivity contribution is 6.43. The average molecular weight is 512 g/mol. The minimum absolute atomic E-state index is 0.151. The third-order valence-electron chi connectivity index (χ3n) is 6.84. The van der Waals surface area contributed by atoms with Crippen molar-refractivity contribution in [3.05, 3.63) is 11.6 Å². The Morgan fingerprint density at radius 2 is 1.86 bits per heavy atom. The second-order valence-corrected chi connectivity index (χ2v) is 11.9. The molecule has 0 aliphatic carbocycles. The summed E-state index contributed by atoms with van der Waals surface area (Å²) in [6.45, 7) is 10.7. The largest absolute Gasteiger partial charge is 0.475 e. The van der Waals surface area contributed by atoms with E-state index in [0.29, 0.717) is 25.8 Å². The van der Waals surface area contributed by atoms with E-state index in [9.17, 15) is 33.7 Å². The van der Waals surface area contributed by atoms with E-state index in [2.05, 4.69) is 5.32 Å². The summed E-state index contributed by atoms with van der Waals surface area (Å²) in [4.78, 5) is 28.8. The van der Waals surface area contributed by atoms with E-state index < -0.39 is 48.6 Å². The first-order valence-corrected chi connectivity index (χ1v) is 12.3. The Bertz CT molecular complexity index is 900. The van der Waals surface area contributed by atoms with Crippen LogP contribution in [-0.2, 0) is 9.53 Å². The highest BCUT2D eigenvalue weighted by Gasteiger charge is 2.45. The maximum absolute atomic E-state index is 13.7.